The van der Waals surface area contributed by atoms with E-state index in [1.807, 2.05) is 13.8 Å². The molecule has 0 fully saturated rings. The van der Waals surface area contributed by atoms with Gasteiger partial charge in [-0.05, 0) is 26.0 Å². The second-order valence-corrected chi connectivity index (χ2v) is 6.82. The van der Waals surface area contributed by atoms with Crippen LogP contribution in [-0.2, 0) is 0 Å². The van der Waals surface area contributed by atoms with Crippen LogP contribution in [0.2, 0.25) is 0 Å². The molecule has 0 saturated heterocycles. The first kappa shape index (κ1) is 20.8. The Labute approximate surface area is 160 Å². The zero-order valence-corrected chi connectivity index (χ0v) is 16.4. The van der Waals surface area contributed by atoms with E-state index in [9.17, 15) is 20.2 Å². The van der Waals surface area contributed by atoms with Gasteiger partial charge < -0.3 is 9.84 Å². The van der Waals surface area contributed by atoms with Crippen molar-refractivity contribution in [1.82, 2.24) is 0 Å². The van der Waals surface area contributed by atoms with Gasteiger partial charge in [0.05, 0.1) is 28.1 Å². The molecule has 2 rings (SSSR count). The minimum atomic E-state index is -0.565. The molecule has 0 aliphatic carbocycles. The predicted molar refractivity (Wildman–Crippen MR) is 99.0 cm³/mol. The van der Waals surface area contributed by atoms with E-state index in [0.717, 1.165) is 6.07 Å². The minimum Gasteiger partial charge on any atom is -0.508 e. The summed E-state index contributed by atoms with van der Waals surface area (Å²) in [5.74, 6) is 0.382. The summed E-state index contributed by atoms with van der Waals surface area (Å²) in [4.78, 5) is 19.7. The van der Waals surface area contributed by atoms with Crippen molar-refractivity contribution in [2.45, 2.75) is 20.0 Å². The van der Waals surface area contributed by atoms with Crippen LogP contribution in [0.15, 0.2) is 45.3 Å². The highest BCUT2D eigenvalue weighted by Gasteiger charge is 2.10. The number of phenolic OH excluding ortho intramolecular Hbond substituents is 1. The van der Waals surface area contributed by atoms with Gasteiger partial charge in [0.15, 0.2) is 0 Å². The monoisotopic (exact) mass is 476 g/mol. The number of rotatable bonds is 4. The van der Waals surface area contributed by atoms with Crippen LogP contribution in [0.5, 0.6) is 11.5 Å². The molecule has 0 aliphatic heterocycles. The number of non-ortho nitro benzene ring substituents is 2. The van der Waals surface area contributed by atoms with E-state index in [0.29, 0.717) is 14.7 Å². The third-order valence-electron chi connectivity index (χ3n) is 2.52. The largest absolute Gasteiger partial charge is 0.508 e. The van der Waals surface area contributed by atoms with E-state index in [-0.39, 0.29) is 23.2 Å². The number of nitrogens with zero attached hydrogens (tertiary/aromatic N) is 2. The summed E-state index contributed by atoms with van der Waals surface area (Å²) in [6.45, 7) is 3.74. The smallest absolute Gasteiger partial charge is 0.274 e. The summed E-state index contributed by atoms with van der Waals surface area (Å²) in [5.41, 5.74) is -0.105. The first-order valence-corrected chi connectivity index (χ1v) is 8.42. The summed E-state index contributed by atoms with van der Waals surface area (Å²) in [7, 11) is 0. The van der Waals surface area contributed by atoms with E-state index < -0.39 is 9.85 Å². The molecule has 0 aliphatic rings. The summed E-state index contributed by atoms with van der Waals surface area (Å²) in [5, 5.41) is 29.6. The molecule has 1 N–H and O–H groups in total. The molecule has 0 aromatic heterocycles. The lowest BCUT2D eigenvalue weighted by Gasteiger charge is -2.09. The number of hydrogen-bond donors (Lipinski definition) is 1. The van der Waals surface area contributed by atoms with Gasteiger partial charge in [-0.3, -0.25) is 20.2 Å². The second kappa shape index (κ2) is 9.33. The Kier molecular flexibility index (Phi) is 7.78. The Morgan fingerprint density at radius 2 is 1.40 bits per heavy atom. The average molecular weight is 478 g/mol. The van der Waals surface area contributed by atoms with Crippen LogP contribution in [-0.4, -0.2) is 21.1 Å². The molecular weight excluding hydrogens is 464 g/mol. The Balaban J connectivity index is 0.000000257. The molecule has 0 bridgehead atoms. The molecule has 0 unspecified atom stereocenters. The van der Waals surface area contributed by atoms with Crippen molar-refractivity contribution in [3.8, 4) is 11.5 Å². The molecule has 0 heterocycles. The van der Waals surface area contributed by atoms with Gasteiger partial charge in [0.25, 0.3) is 11.4 Å². The first-order valence-electron chi connectivity index (χ1n) is 6.84. The van der Waals surface area contributed by atoms with Crippen LogP contribution in [0.3, 0.4) is 0 Å². The van der Waals surface area contributed by atoms with Crippen LogP contribution in [0, 0.1) is 20.2 Å². The van der Waals surface area contributed by atoms with E-state index in [2.05, 4.69) is 31.9 Å². The van der Waals surface area contributed by atoms with E-state index in [1.54, 1.807) is 6.07 Å². The minimum absolute atomic E-state index is 0.00361. The van der Waals surface area contributed by atoms with Crippen molar-refractivity contribution in [3.63, 3.8) is 0 Å². The van der Waals surface area contributed by atoms with Crippen molar-refractivity contribution in [2.24, 2.45) is 0 Å². The number of nitro benzene ring substituents is 2. The fourth-order valence-electron chi connectivity index (χ4n) is 1.66. The maximum atomic E-state index is 10.5. The van der Waals surface area contributed by atoms with E-state index in [1.165, 1.54) is 24.3 Å². The van der Waals surface area contributed by atoms with Gasteiger partial charge in [-0.2, -0.15) is 0 Å². The van der Waals surface area contributed by atoms with Gasteiger partial charge in [-0.15, -0.1) is 0 Å². The third-order valence-corrected chi connectivity index (χ3v) is 3.43. The average Bonchev–Trinajstić information content (AvgIpc) is 2.45. The van der Waals surface area contributed by atoms with Crippen LogP contribution in [0.4, 0.5) is 11.4 Å². The quantitative estimate of drug-likeness (QED) is 0.477. The fourth-order valence-corrected chi connectivity index (χ4v) is 2.59. The topological polar surface area (TPSA) is 116 Å². The van der Waals surface area contributed by atoms with Crippen molar-refractivity contribution >= 4 is 43.2 Å². The SMILES string of the molecule is CC(C)Oc1cc(Br)cc([N+](=O)[O-])c1.O=[N+]([O-])c1cc(O)cc(Br)c1. The van der Waals surface area contributed by atoms with Crippen molar-refractivity contribution in [1.29, 1.82) is 0 Å². The lowest BCUT2D eigenvalue weighted by Crippen LogP contribution is -2.05. The highest BCUT2D eigenvalue weighted by atomic mass is 79.9. The zero-order chi connectivity index (χ0) is 19.1. The third kappa shape index (κ3) is 7.48. The van der Waals surface area contributed by atoms with E-state index in [4.69, 9.17) is 9.84 Å². The highest BCUT2D eigenvalue weighted by Crippen LogP contribution is 2.27. The Morgan fingerprint density at radius 3 is 1.84 bits per heavy atom. The molecule has 0 saturated carbocycles. The fraction of sp³-hybridized carbons (Fsp3) is 0.200. The van der Waals surface area contributed by atoms with Crippen LogP contribution in [0.25, 0.3) is 0 Å². The molecule has 0 atom stereocenters. The normalized spacial score (nSPS) is 9.96. The van der Waals surface area contributed by atoms with Crippen LogP contribution in [0.1, 0.15) is 13.8 Å². The van der Waals surface area contributed by atoms with Gasteiger partial charge in [-0.1, -0.05) is 31.9 Å². The number of phenols is 1. The molecule has 25 heavy (non-hydrogen) atoms. The molecule has 2 aromatic carbocycles. The number of aromatic hydroxyl groups is 1. The maximum absolute atomic E-state index is 10.5. The van der Waals surface area contributed by atoms with Gasteiger partial charge in [0, 0.05) is 21.1 Å². The Hall–Kier alpha value is -2.20. The van der Waals surface area contributed by atoms with Gasteiger partial charge in [-0.25, -0.2) is 0 Å². The summed E-state index contributed by atoms with van der Waals surface area (Å²) in [6, 6.07) is 8.34. The number of ether oxygens (including phenoxy) is 1. The summed E-state index contributed by atoms with van der Waals surface area (Å²) in [6.07, 6.45) is 0.00361. The predicted octanol–water partition coefficient (Wildman–Crippen LogP) is 5.21. The van der Waals surface area contributed by atoms with Gasteiger partial charge in [0.1, 0.15) is 11.5 Å². The van der Waals surface area contributed by atoms with Gasteiger partial charge >= 0.3 is 0 Å². The lowest BCUT2D eigenvalue weighted by atomic mass is 10.3. The molecule has 0 radical (unpaired) electrons. The highest BCUT2D eigenvalue weighted by molar-refractivity contribution is 9.10. The van der Waals surface area contributed by atoms with Crippen LogP contribution < -0.4 is 4.74 Å². The standard InChI is InChI=1S/C9H10BrNO3.C6H4BrNO3/c1-6(2)14-9-4-7(10)3-8(5-9)11(12)13;7-4-1-5(8(10)11)3-6(9)2-4/h3-6H,1-2H3;1-3,9H. The molecule has 0 amide bonds. The van der Waals surface area contributed by atoms with Crippen LogP contribution >= 0.6 is 31.9 Å². The van der Waals surface area contributed by atoms with E-state index >= 15 is 0 Å². The summed E-state index contributed by atoms with van der Waals surface area (Å²) >= 11 is 6.20. The maximum Gasteiger partial charge on any atom is 0.274 e. The molecule has 134 valence electrons. The molecule has 2 aromatic rings. The zero-order valence-electron chi connectivity index (χ0n) is 13.2. The number of benzene rings is 2. The number of halogens is 2. The second-order valence-electron chi connectivity index (χ2n) is 4.99. The molecule has 10 heteroatoms. The molecule has 8 nitrogen and oxygen atoms in total. The first-order chi connectivity index (χ1) is 11.6. The van der Waals surface area contributed by atoms with Crippen molar-refractivity contribution in [3.05, 3.63) is 65.6 Å². The lowest BCUT2D eigenvalue weighted by molar-refractivity contribution is -0.385. The van der Waals surface area contributed by atoms with Crippen molar-refractivity contribution in [2.75, 3.05) is 0 Å². The van der Waals surface area contributed by atoms with Gasteiger partial charge in [0.2, 0.25) is 0 Å². The summed E-state index contributed by atoms with van der Waals surface area (Å²) < 4.78 is 6.48. The number of hydrogen-bond acceptors (Lipinski definition) is 6. The van der Waals surface area contributed by atoms with Crippen molar-refractivity contribution < 1.29 is 19.7 Å². The molecule has 0 spiro atoms. The Bertz CT molecular complexity index is 762. The molecular formula is C15H14Br2N2O6. The number of nitro groups is 2. The Morgan fingerprint density at radius 1 is 0.920 bits per heavy atom.